The van der Waals surface area contributed by atoms with Crippen molar-refractivity contribution in [1.29, 1.82) is 0 Å². The summed E-state index contributed by atoms with van der Waals surface area (Å²) in [6, 6.07) is 4.70. The molecule has 2 aromatic heterocycles. The smallest absolute Gasteiger partial charge is 0.273 e. The van der Waals surface area contributed by atoms with E-state index in [0.717, 1.165) is 31.6 Å². The fraction of sp³-hybridized carbons (Fsp3) is 0.556. The van der Waals surface area contributed by atoms with E-state index in [9.17, 15) is 4.79 Å². The Morgan fingerprint density at radius 2 is 2.33 bits per heavy atom. The van der Waals surface area contributed by atoms with Crippen LogP contribution in [0.15, 0.2) is 28.3 Å². The maximum Gasteiger partial charge on any atom is 0.273 e. The van der Waals surface area contributed by atoms with Gasteiger partial charge in [-0.05, 0) is 56.6 Å². The number of aromatic nitrogens is 1. The van der Waals surface area contributed by atoms with Crippen molar-refractivity contribution in [2.45, 2.75) is 37.6 Å². The minimum absolute atomic E-state index is 0.0937. The van der Waals surface area contributed by atoms with Crippen molar-refractivity contribution in [3.8, 4) is 0 Å². The topological polar surface area (TPSA) is 58.4 Å². The molecule has 6 heteroatoms. The minimum Gasteiger partial charge on any atom is -0.447 e. The Kier molecular flexibility index (Phi) is 4.41. The average molecular weight is 345 g/mol. The van der Waals surface area contributed by atoms with Crippen LogP contribution in [-0.2, 0) is 0 Å². The number of thiophene rings is 1. The van der Waals surface area contributed by atoms with E-state index in [1.165, 1.54) is 17.7 Å². The summed E-state index contributed by atoms with van der Waals surface area (Å²) in [5.41, 5.74) is 0.481. The van der Waals surface area contributed by atoms with Gasteiger partial charge in [0.2, 0.25) is 0 Å². The summed E-state index contributed by atoms with van der Waals surface area (Å²) < 4.78 is 5.42. The summed E-state index contributed by atoms with van der Waals surface area (Å²) in [6.07, 6.45) is 5.91. The predicted octanol–water partition coefficient (Wildman–Crippen LogP) is 3.43. The number of rotatable bonds is 5. The lowest BCUT2D eigenvalue weighted by atomic mass is 9.88. The first-order valence-electron chi connectivity index (χ1n) is 8.69. The maximum absolute atomic E-state index is 12.5. The van der Waals surface area contributed by atoms with E-state index in [2.05, 4.69) is 39.8 Å². The Balaban J connectivity index is 1.43. The van der Waals surface area contributed by atoms with Crippen LogP contribution in [0.5, 0.6) is 0 Å². The van der Waals surface area contributed by atoms with E-state index in [-0.39, 0.29) is 5.91 Å². The quantitative estimate of drug-likeness (QED) is 0.902. The molecule has 3 heterocycles. The molecule has 1 saturated heterocycles. The monoisotopic (exact) mass is 345 g/mol. The van der Waals surface area contributed by atoms with Gasteiger partial charge in [-0.15, -0.1) is 11.3 Å². The molecule has 2 aliphatic rings. The fourth-order valence-electron chi connectivity index (χ4n) is 3.75. The third-order valence-electron chi connectivity index (χ3n) is 5.12. The number of carbonyl (C=O) groups is 1. The van der Waals surface area contributed by atoms with Crippen molar-refractivity contribution >= 4 is 17.2 Å². The molecule has 2 aromatic rings. The minimum atomic E-state index is -0.0937. The van der Waals surface area contributed by atoms with Crippen LogP contribution in [0.3, 0.4) is 0 Å². The lowest BCUT2D eigenvalue weighted by molar-refractivity contribution is 0.0889. The summed E-state index contributed by atoms with van der Waals surface area (Å²) in [5, 5.41) is 5.24. The van der Waals surface area contributed by atoms with E-state index in [4.69, 9.17) is 4.42 Å². The van der Waals surface area contributed by atoms with Gasteiger partial charge in [-0.2, -0.15) is 0 Å². The second-order valence-corrected chi connectivity index (χ2v) is 7.87. The number of likely N-dealkylation sites (tertiary alicyclic amines) is 1. The number of hydrogen-bond acceptors (Lipinski definition) is 5. The molecule has 128 valence electrons. The van der Waals surface area contributed by atoms with Gasteiger partial charge in [0.1, 0.15) is 5.76 Å². The van der Waals surface area contributed by atoms with Crippen molar-refractivity contribution in [3.63, 3.8) is 0 Å². The van der Waals surface area contributed by atoms with Gasteiger partial charge in [-0.1, -0.05) is 6.07 Å². The van der Waals surface area contributed by atoms with Gasteiger partial charge in [0.25, 0.3) is 5.91 Å². The lowest BCUT2D eigenvalue weighted by Crippen LogP contribution is -2.41. The van der Waals surface area contributed by atoms with Gasteiger partial charge >= 0.3 is 0 Å². The molecule has 24 heavy (non-hydrogen) atoms. The highest BCUT2D eigenvalue weighted by Gasteiger charge is 2.34. The first-order chi connectivity index (χ1) is 11.7. The molecule has 1 amide bonds. The van der Waals surface area contributed by atoms with E-state index in [1.54, 1.807) is 11.3 Å². The zero-order valence-electron chi connectivity index (χ0n) is 13.9. The molecule has 1 saturated carbocycles. The second-order valence-electron chi connectivity index (χ2n) is 6.89. The molecule has 1 aliphatic carbocycles. The zero-order valence-corrected chi connectivity index (χ0v) is 14.7. The summed E-state index contributed by atoms with van der Waals surface area (Å²) in [4.78, 5) is 20.5. The van der Waals surface area contributed by atoms with Gasteiger partial charge in [-0.25, -0.2) is 4.98 Å². The second kappa shape index (κ2) is 6.69. The largest absolute Gasteiger partial charge is 0.447 e. The third-order valence-corrected chi connectivity index (χ3v) is 6.07. The SMILES string of the molecule is CN1CCCC(CNC(=O)c2ncoc2C2CC2)C1c1cccs1. The van der Waals surface area contributed by atoms with Crippen molar-refractivity contribution in [2.24, 2.45) is 5.92 Å². The standard InChI is InChI=1S/C18H23N3O2S/c1-21-8-2-4-13(16(21)14-5-3-9-24-14)10-19-18(22)15-17(12-6-7-12)23-11-20-15/h3,5,9,11-13,16H,2,4,6-8,10H2,1H3,(H,19,22). The van der Waals surface area contributed by atoms with Crippen LogP contribution in [-0.4, -0.2) is 35.9 Å². The Bertz CT molecular complexity index is 693. The van der Waals surface area contributed by atoms with Crippen LogP contribution in [0.4, 0.5) is 0 Å². The number of nitrogens with one attached hydrogen (secondary N) is 1. The average Bonchev–Trinajstić information content (AvgIpc) is 3.09. The molecular formula is C18H23N3O2S. The van der Waals surface area contributed by atoms with Crippen LogP contribution in [0.1, 0.15) is 58.8 Å². The highest BCUT2D eigenvalue weighted by Crippen LogP contribution is 2.41. The van der Waals surface area contributed by atoms with Gasteiger partial charge in [-0.3, -0.25) is 9.69 Å². The molecule has 0 radical (unpaired) electrons. The highest BCUT2D eigenvalue weighted by atomic mass is 32.1. The van der Waals surface area contributed by atoms with Gasteiger partial charge in [0.15, 0.2) is 12.1 Å². The molecule has 2 fully saturated rings. The Hall–Kier alpha value is -1.66. The normalized spacial score (nSPS) is 24.9. The van der Waals surface area contributed by atoms with Crippen molar-refractivity contribution in [2.75, 3.05) is 20.1 Å². The number of piperidine rings is 1. The summed E-state index contributed by atoms with van der Waals surface area (Å²) in [6.45, 7) is 1.80. The van der Waals surface area contributed by atoms with Crippen molar-refractivity contribution < 1.29 is 9.21 Å². The zero-order chi connectivity index (χ0) is 16.5. The Morgan fingerprint density at radius 3 is 3.08 bits per heavy atom. The van der Waals surface area contributed by atoms with E-state index < -0.39 is 0 Å². The molecule has 2 atom stereocenters. The van der Waals surface area contributed by atoms with Crippen LogP contribution in [0.2, 0.25) is 0 Å². The van der Waals surface area contributed by atoms with Crippen molar-refractivity contribution in [3.05, 3.63) is 40.2 Å². The Labute approximate surface area is 146 Å². The van der Waals surface area contributed by atoms with E-state index in [1.807, 2.05) is 0 Å². The van der Waals surface area contributed by atoms with Crippen LogP contribution in [0, 0.1) is 5.92 Å². The molecule has 1 N–H and O–H groups in total. The predicted molar refractivity (Wildman–Crippen MR) is 93.2 cm³/mol. The van der Waals surface area contributed by atoms with Gasteiger partial charge in [0, 0.05) is 23.4 Å². The number of carbonyl (C=O) groups excluding carboxylic acids is 1. The summed E-state index contributed by atoms with van der Waals surface area (Å²) in [5.74, 6) is 1.50. The Morgan fingerprint density at radius 1 is 1.46 bits per heavy atom. The number of oxazole rings is 1. The fourth-order valence-corrected chi connectivity index (χ4v) is 4.73. The first-order valence-corrected chi connectivity index (χ1v) is 9.57. The van der Waals surface area contributed by atoms with E-state index >= 15 is 0 Å². The molecule has 5 nitrogen and oxygen atoms in total. The molecule has 0 bridgehead atoms. The molecule has 4 rings (SSSR count). The van der Waals surface area contributed by atoms with Gasteiger partial charge < -0.3 is 9.73 Å². The van der Waals surface area contributed by atoms with Crippen LogP contribution < -0.4 is 5.32 Å². The molecular weight excluding hydrogens is 322 g/mol. The third kappa shape index (κ3) is 3.13. The molecule has 1 aliphatic heterocycles. The summed E-state index contributed by atoms with van der Waals surface area (Å²) in [7, 11) is 2.18. The van der Waals surface area contributed by atoms with Crippen molar-refractivity contribution in [1.82, 2.24) is 15.2 Å². The molecule has 0 spiro atoms. The lowest BCUT2D eigenvalue weighted by Gasteiger charge is -2.38. The highest BCUT2D eigenvalue weighted by molar-refractivity contribution is 7.10. The number of hydrogen-bond donors (Lipinski definition) is 1. The molecule has 0 aromatic carbocycles. The van der Waals surface area contributed by atoms with E-state index in [0.29, 0.717) is 30.1 Å². The van der Waals surface area contributed by atoms with Crippen LogP contribution in [0.25, 0.3) is 0 Å². The molecule has 2 unspecified atom stereocenters. The number of nitrogens with zero attached hydrogens (tertiary/aromatic N) is 2. The van der Waals surface area contributed by atoms with Crippen LogP contribution >= 0.6 is 11.3 Å². The van der Waals surface area contributed by atoms with Gasteiger partial charge in [0.05, 0.1) is 0 Å². The number of amides is 1. The summed E-state index contributed by atoms with van der Waals surface area (Å²) >= 11 is 1.80. The maximum atomic E-state index is 12.5. The first kappa shape index (κ1) is 15.8.